The predicted octanol–water partition coefficient (Wildman–Crippen LogP) is -8.62. The maximum atomic E-state index is 11.9. The summed E-state index contributed by atoms with van der Waals surface area (Å²) in [4.78, 5) is 0. The SMILES string of the molecule is C[C@H](CC[C@@H](C)[C@H]1CC[C@H]2[C@@H]3CC=C4C[C@@H](O[C@@H]5O[C@H](CO)[C@@H](O)[C@H](O)[C@H]5O[C@@H]5O[C@H](CO)[C@@H](O[C@@H]6O[C@H](CO)[C@@H](O)[C@H](O)[C@H]6O)[C@H](O)[C@H]5O)CC[C@]4(C)[C@H]3CC[C@]12C)[C@H](C)CO[C@@H]1O[C@H](CO[C@@H]2O[C@H](CO)[C@@H](O)[C@H](O)[C@H]2O)[C@@H](O)[C@H](O)[C@H]1O[C@@H]1O[C@H](CO)[C@@H](O[C@@H]2O[C@H](CO)[C@@H](O)[C@H](O)[C@H]2O)[C@H](O)[C@H]1O. The molecule has 7 saturated heterocycles. The van der Waals surface area contributed by atoms with Gasteiger partial charge in [0.05, 0.1) is 59.0 Å². The summed E-state index contributed by atoms with van der Waals surface area (Å²) in [6, 6.07) is 0. The van der Waals surface area contributed by atoms with Crippen LogP contribution in [0.4, 0.5) is 0 Å². The molecule has 0 aromatic carbocycles. The molecule has 4 aliphatic carbocycles. The molecule has 11 rings (SSSR count). The van der Waals surface area contributed by atoms with Crippen molar-refractivity contribution in [2.45, 2.75) is 320 Å². The molecule has 620 valence electrons. The normalized spacial score (nSPS) is 52.0. The van der Waals surface area contributed by atoms with Crippen molar-refractivity contribution in [2.75, 3.05) is 52.9 Å². The highest BCUT2D eigenvalue weighted by Crippen LogP contribution is 2.68. The molecule has 23 N–H and O–H groups in total. The zero-order valence-corrected chi connectivity index (χ0v) is 60.6. The van der Waals surface area contributed by atoms with Crippen LogP contribution in [0.15, 0.2) is 11.6 Å². The van der Waals surface area contributed by atoms with Crippen LogP contribution in [0.2, 0.25) is 0 Å². The Bertz CT molecular complexity index is 2800. The Morgan fingerprint density at radius 2 is 0.776 bits per heavy atom. The van der Waals surface area contributed by atoms with Crippen LogP contribution in [-0.2, 0) is 66.3 Å². The second kappa shape index (κ2) is 36.2. The van der Waals surface area contributed by atoms with Crippen molar-refractivity contribution in [1.82, 2.24) is 0 Å². The molecule has 0 bridgehead atoms. The molecule has 37 heteroatoms. The first-order valence-corrected chi connectivity index (χ1v) is 37.8. The Labute approximate surface area is 618 Å². The quantitative estimate of drug-likeness (QED) is 0.0340. The van der Waals surface area contributed by atoms with Crippen molar-refractivity contribution in [3.63, 3.8) is 0 Å². The lowest BCUT2D eigenvalue weighted by atomic mass is 9.47. The van der Waals surface area contributed by atoms with E-state index in [-0.39, 0.29) is 29.3 Å². The van der Waals surface area contributed by atoms with Gasteiger partial charge in [-0.1, -0.05) is 59.1 Å². The van der Waals surface area contributed by atoms with Crippen molar-refractivity contribution < 1.29 is 184 Å². The van der Waals surface area contributed by atoms with Gasteiger partial charge in [-0.25, -0.2) is 0 Å². The summed E-state index contributed by atoms with van der Waals surface area (Å²) in [6.45, 7) is 5.66. The lowest BCUT2D eigenvalue weighted by molar-refractivity contribution is -0.387. The van der Waals surface area contributed by atoms with Crippen LogP contribution in [0.25, 0.3) is 0 Å². The van der Waals surface area contributed by atoms with Gasteiger partial charge in [0.15, 0.2) is 44.0 Å². The Kier molecular flexibility index (Phi) is 29.1. The van der Waals surface area contributed by atoms with E-state index in [2.05, 4.69) is 33.8 Å². The average Bonchev–Trinajstić information content (AvgIpc) is 1.69. The number of aliphatic hydroxyl groups is 23. The van der Waals surface area contributed by atoms with Crippen molar-refractivity contribution in [3.05, 3.63) is 11.6 Å². The third-order valence-corrected chi connectivity index (χ3v) is 26.0. The molecule has 0 unspecified atom stereocenters. The smallest absolute Gasteiger partial charge is 0.187 e. The second-order valence-electron chi connectivity index (χ2n) is 32.3. The minimum Gasteiger partial charge on any atom is -0.394 e. The Morgan fingerprint density at radius 1 is 0.374 bits per heavy atom. The van der Waals surface area contributed by atoms with Gasteiger partial charge in [-0.2, -0.15) is 0 Å². The number of hydrogen-bond acceptors (Lipinski definition) is 37. The molecule has 45 atom stereocenters. The molecule has 10 fully saturated rings. The first-order valence-electron chi connectivity index (χ1n) is 37.8. The average molecular weight is 1550 g/mol. The zero-order valence-electron chi connectivity index (χ0n) is 60.6. The number of ether oxygens (including phenoxy) is 14. The van der Waals surface area contributed by atoms with E-state index in [1.165, 1.54) is 5.57 Å². The van der Waals surface area contributed by atoms with Crippen molar-refractivity contribution in [2.24, 2.45) is 52.3 Å². The molecular weight excluding hydrogens is 1430 g/mol. The van der Waals surface area contributed by atoms with Gasteiger partial charge in [-0.05, 0) is 104 Å². The van der Waals surface area contributed by atoms with Crippen LogP contribution in [0.5, 0.6) is 0 Å². The lowest BCUT2D eigenvalue weighted by Gasteiger charge is -2.58. The molecule has 0 radical (unpaired) electrons. The van der Waals surface area contributed by atoms with Gasteiger partial charge in [0.2, 0.25) is 0 Å². The number of rotatable bonds is 27. The first kappa shape index (κ1) is 86.1. The zero-order chi connectivity index (χ0) is 77.7. The minimum absolute atomic E-state index is 0.0261. The predicted molar refractivity (Wildman–Crippen MR) is 353 cm³/mol. The molecule has 11 aliphatic rings. The molecule has 7 heterocycles. The van der Waals surface area contributed by atoms with Crippen LogP contribution in [0.3, 0.4) is 0 Å². The van der Waals surface area contributed by atoms with Gasteiger partial charge in [-0.3, -0.25) is 0 Å². The van der Waals surface area contributed by atoms with E-state index >= 15 is 0 Å². The Balaban J connectivity index is 0.702. The summed E-state index contributed by atoms with van der Waals surface area (Å²) in [6.07, 6.45) is -50.1. The largest absolute Gasteiger partial charge is 0.394 e. The van der Waals surface area contributed by atoms with Crippen LogP contribution >= 0.6 is 0 Å². The summed E-state index contributed by atoms with van der Waals surface area (Å²) in [7, 11) is 0. The topological polar surface area (TPSA) is 595 Å². The molecule has 7 aliphatic heterocycles. The van der Waals surface area contributed by atoms with Gasteiger partial charge < -0.3 is 184 Å². The van der Waals surface area contributed by atoms with Crippen molar-refractivity contribution >= 4 is 0 Å². The van der Waals surface area contributed by atoms with Gasteiger partial charge >= 0.3 is 0 Å². The van der Waals surface area contributed by atoms with Crippen LogP contribution in [-0.4, -0.2) is 391 Å². The second-order valence-corrected chi connectivity index (χ2v) is 32.3. The van der Waals surface area contributed by atoms with Gasteiger partial charge in [0.25, 0.3) is 0 Å². The van der Waals surface area contributed by atoms with E-state index in [1.54, 1.807) is 0 Å². The fourth-order valence-electron chi connectivity index (χ4n) is 19.0. The lowest BCUT2D eigenvalue weighted by Crippen LogP contribution is -2.66. The maximum absolute atomic E-state index is 11.9. The fourth-order valence-corrected chi connectivity index (χ4v) is 19.0. The molecule has 0 amide bonds. The summed E-state index contributed by atoms with van der Waals surface area (Å²) >= 11 is 0. The monoisotopic (exact) mass is 1550 g/mol. The molecule has 0 aromatic rings. The van der Waals surface area contributed by atoms with Crippen LogP contribution < -0.4 is 0 Å². The Morgan fingerprint density at radius 3 is 1.27 bits per heavy atom. The summed E-state index contributed by atoms with van der Waals surface area (Å²) < 4.78 is 82.8. The maximum Gasteiger partial charge on any atom is 0.187 e. The summed E-state index contributed by atoms with van der Waals surface area (Å²) in [5, 5.41) is 246. The Hall–Kier alpha value is -1.74. The highest BCUT2D eigenvalue weighted by atomic mass is 16.8. The van der Waals surface area contributed by atoms with Gasteiger partial charge in [0.1, 0.15) is 171 Å². The highest BCUT2D eigenvalue weighted by Gasteiger charge is 2.62. The summed E-state index contributed by atoms with van der Waals surface area (Å²) in [5.41, 5.74) is 1.10. The van der Waals surface area contributed by atoms with E-state index < -0.39 is 267 Å². The van der Waals surface area contributed by atoms with Crippen LogP contribution in [0, 0.1) is 52.3 Å². The number of hydrogen-bond donors (Lipinski definition) is 23. The summed E-state index contributed by atoms with van der Waals surface area (Å²) in [5.74, 6) is 1.81. The molecular formula is C70H118O37. The van der Waals surface area contributed by atoms with Crippen molar-refractivity contribution in [3.8, 4) is 0 Å². The molecule has 3 saturated carbocycles. The van der Waals surface area contributed by atoms with Gasteiger partial charge in [0, 0.05) is 0 Å². The first-order chi connectivity index (χ1) is 50.8. The van der Waals surface area contributed by atoms with E-state index in [4.69, 9.17) is 66.3 Å². The van der Waals surface area contributed by atoms with E-state index in [9.17, 15) is 117 Å². The standard InChI is InChI=1S/C70H118O37/c1-25(27(3)23-94-67-60(50(86)45(81)40(103-67)24-95-62-53(89)46(82)41(77)34(17-71)97-62)106-65-56(92)51(87)58(38(21-75)101-65)104-63-54(90)47(83)42(78)35(18-72)98-63)6-7-26(2)31-10-11-32-30-9-8-28-16-29(12-14-69(28,4)33(30)13-15-70(31,32)5)96-68-61(49(85)44(80)37(20-74)100-68)107-66-57(93)52(88)59(39(22-76)102-66)105-64-55(91)48(84)43(79)36(19-73)99-64/h8,25-27,29-68,71-93H,6-7,9-24H2,1-5H3/t25-,26-,27-,29+,30+,31-,32+,33+,34-,35-,36-,37-,38-,39-,40-,41-,42-,43-,44-,45-,46+,47+,48+,49+,50+,51-,52-,53-,54-,55-,56-,57-,58-,59-,60-,61-,62-,63+,64+,65+,66+,67-,68-,69+,70-/m1/s1. The van der Waals surface area contributed by atoms with Gasteiger partial charge in [-0.15, -0.1) is 0 Å². The molecule has 0 spiro atoms. The van der Waals surface area contributed by atoms with E-state index in [1.807, 2.05) is 6.92 Å². The van der Waals surface area contributed by atoms with E-state index in [0.29, 0.717) is 42.4 Å². The molecule has 37 nitrogen and oxygen atoms in total. The number of allylic oxidation sites excluding steroid dienone is 1. The number of aliphatic hydroxyl groups excluding tert-OH is 23. The minimum atomic E-state index is -2.06. The van der Waals surface area contributed by atoms with E-state index in [0.717, 1.165) is 51.4 Å². The van der Waals surface area contributed by atoms with Crippen molar-refractivity contribution in [1.29, 1.82) is 0 Å². The molecule has 0 aromatic heterocycles. The third kappa shape index (κ3) is 17.3. The fraction of sp³-hybridized carbons (Fsp3) is 0.971. The molecule has 107 heavy (non-hydrogen) atoms. The third-order valence-electron chi connectivity index (χ3n) is 26.0. The number of fused-ring (bicyclic) bond motifs is 5. The van der Waals surface area contributed by atoms with Crippen LogP contribution in [0.1, 0.15) is 98.8 Å². The highest BCUT2D eigenvalue weighted by molar-refractivity contribution is 5.26.